The molecule has 2 aliphatic carbocycles. The number of hydrogen-bond donors (Lipinski definition) is 0. The lowest BCUT2D eigenvalue weighted by Gasteiger charge is -2.45. The van der Waals surface area contributed by atoms with Crippen LogP contribution in [0, 0.1) is 0 Å². The molecule has 306 valence electrons. The largest absolute Gasteiger partial charge is 0.457 e. The number of ether oxygens (including phenoxy) is 1. The van der Waals surface area contributed by atoms with E-state index in [1.54, 1.807) is 0 Å². The number of aromatic nitrogens is 1. The lowest BCUT2D eigenvalue weighted by Crippen LogP contribution is -2.36. The number of benzene rings is 10. The molecule has 0 bridgehead atoms. The Hall–Kier alpha value is -8.14. The molecule has 1 spiro atoms. The number of hydrogen-bond acceptors (Lipinski definition) is 2. The minimum absolute atomic E-state index is 0.0953. The molecule has 0 atom stereocenters. The van der Waals surface area contributed by atoms with Gasteiger partial charge in [0.2, 0.25) is 0 Å². The van der Waals surface area contributed by atoms with Crippen LogP contribution >= 0.6 is 0 Å². The van der Waals surface area contributed by atoms with Crippen LogP contribution in [0.3, 0.4) is 0 Å². The Balaban J connectivity index is 1.03. The summed E-state index contributed by atoms with van der Waals surface area (Å²) in [4.78, 5) is 2.46. The van der Waals surface area contributed by atoms with Crippen molar-refractivity contribution >= 4 is 49.6 Å². The molecule has 0 N–H and O–H groups in total. The maximum absolute atomic E-state index is 6.71. The molecule has 0 unspecified atom stereocenters. The summed E-state index contributed by atoms with van der Waals surface area (Å²) in [7, 11) is 0. The highest BCUT2D eigenvalue weighted by Gasteiger charge is 2.49. The fourth-order valence-electron chi connectivity index (χ4n) is 12.2. The van der Waals surface area contributed by atoms with Crippen molar-refractivity contribution in [2.75, 3.05) is 4.90 Å². The van der Waals surface area contributed by atoms with E-state index in [-0.39, 0.29) is 5.41 Å². The smallest absolute Gasteiger partial charge is 0.132 e. The van der Waals surface area contributed by atoms with E-state index >= 15 is 0 Å². The molecule has 3 nitrogen and oxygen atoms in total. The van der Waals surface area contributed by atoms with E-state index in [2.05, 4.69) is 242 Å². The van der Waals surface area contributed by atoms with E-state index in [1.807, 2.05) is 0 Å². The predicted molar refractivity (Wildman–Crippen MR) is 268 cm³/mol. The zero-order valence-electron chi connectivity index (χ0n) is 36.1. The highest BCUT2D eigenvalue weighted by molar-refractivity contribution is 6.14. The molecule has 11 aromatic rings. The number of para-hydroxylation sites is 4. The second-order valence-corrected chi connectivity index (χ2v) is 18.3. The van der Waals surface area contributed by atoms with Crippen molar-refractivity contribution in [2.24, 2.45) is 0 Å². The Morgan fingerprint density at radius 3 is 1.80 bits per heavy atom. The lowest BCUT2D eigenvalue weighted by atomic mass is 9.58. The van der Waals surface area contributed by atoms with Gasteiger partial charge < -0.3 is 14.2 Å². The van der Waals surface area contributed by atoms with Crippen LogP contribution in [0.1, 0.15) is 47.2 Å². The van der Waals surface area contributed by atoms with Gasteiger partial charge in [0.25, 0.3) is 0 Å². The van der Waals surface area contributed by atoms with Gasteiger partial charge in [-0.2, -0.15) is 0 Å². The van der Waals surface area contributed by atoms with Crippen LogP contribution in [-0.2, 0) is 10.8 Å². The van der Waals surface area contributed by atoms with Crippen molar-refractivity contribution in [3.8, 4) is 39.4 Å². The summed E-state index contributed by atoms with van der Waals surface area (Å²) in [6.07, 6.45) is 0. The van der Waals surface area contributed by atoms with E-state index < -0.39 is 5.41 Å². The van der Waals surface area contributed by atoms with Crippen LogP contribution in [-0.4, -0.2) is 4.57 Å². The average Bonchev–Trinajstić information content (AvgIpc) is 3.81. The molecule has 65 heavy (non-hydrogen) atoms. The molecular formula is C62H42N2O. The standard InChI is InChI=1S/C62H42N2O/c1-61(2)47-24-9-7-22-44(47)60-51(61)28-17-31-56(60)64-53-30-13-8-21-42(53)46-38-40(34-36-55(46)64)63(39-18-4-3-5-19-39)54-37-35-43-41-20-6-10-25-48(41)62(52-29-16-23-45(54)59(43)52)49-26-11-14-32-57(49)65-58-33-15-12-27-50(58)62/h3-38H,1-2H3. The minimum Gasteiger partial charge on any atom is -0.457 e. The van der Waals surface area contributed by atoms with Crippen LogP contribution < -0.4 is 9.64 Å². The summed E-state index contributed by atoms with van der Waals surface area (Å²) in [6, 6.07) is 80.6. The van der Waals surface area contributed by atoms with E-state index in [0.29, 0.717) is 0 Å². The van der Waals surface area contributed by atoms with Gasteiger partial charge in [-0.3, -0.25) is 0 Å². The van der Waals surface area contributed by atoms with Crippen molar-refractivity contribution in [2.45, 2.75) is 24.7 Å². The normalized spacial score (nSPS) is 14.4. The van der Waals surface area contributed by atoms with Crippen LogP contribution in [0.15, 0.2) is 218 Å². The monoisotopic (exact) mass is 830 g/mol. The molecule has 0 amide bonds. The number of rotatable bonds is 4. The Labute approximate surface area is 378 Å². The quantitative estimate of drug-likeness (QED) is 0.176. The molecular weight excluding hydrogens is 789 g/mol. The molecule has 3 heteroatoms. The number of fused-ring (bicyclic) bond motifs is 14. The zero-order chi connectivity index (χ0) is 43.0. The van der Waals surface area contributed by atoms with Gasteiger partial charge >= 0.3 is 0 Å². The average molecular weight is 831 g/mol. The minimum atomic E-state index is -0.598. The molecule has 2 heterocycles. The Morgan fingerprint density at radius 1 is 0.400 bits per heavy atom. The third kappa shape index (κ3) is 4.74. The molecule has 0 saturated heterocycles. The van der Waals surface area contributed by atoms with Crippen LogP contribution in [0.2, 0.25) is 0 Å². The molecule has 0 saturated carbocycles. The molecule has 0 fully saturated rings. The number of nitrogens with zero attached hydrogens (tertiary/aromatic N) is 2. The third-order valence-corrected chi connectivity index (χ3v) is 14.8. The first-order valence-corrected chi connectivity index (χ1v) is 22.7. The van der Waals surface area contributed by atoms with E-state index in [1.165, 1.54) is 82.8 Å². The van der Waals surface area contributed by atoms with E-state index in [9.17, 15) is 0 Å². The first kappa shape index (κ1) is 36.4. The fraction of sp³-hybridized carbons (Fsp3) is 0.0645. The van der Waals surface area contributed by atoms with Crippen molar-refractivity contribution in [1.29, 1.82) is 0 Å². The highest BCUT2D eigenvalue weighted by atomic mass is 16.5. The summed E-state index contributed by atoms with van der Waals surface area (Å²) >= 11 is 0. The van der Waals surface area contributed by atoms with E-state index in [0.717, 1.165) is 39.7 Å². The van der Waals surface area contributed by atoms with E-state index in [4.69, 9.17) is 4.74 Å². The van der Waals surface area contributed by atoms with Gasteiger partial charge in [0, 0.05) is 49.6 Å². The van der Waals surface area contributed by atoms with Gasteiger partial charge in [-0.25, -0.2) is 0 Å². The summed E-state index contributed by atoms with van der Waals surface area (Å²) in [5.41, 5.74) is 19.0. The molecule has 0 radical (unpaired) electrons. The van der Waals surface area contributed by atoms with Crippen LogP contribution in [0.4, 0.5) is 17.1 Å². The lowest BCUT2D eigenvalue weighted by molar-refractivity contribution is 0.435. The molecule has 10 aromatic carbocycles. The van der Waals surface area contributed by atoms with Gasteiger partial charge in [-0.1, -0.05) is 172 Å². The second-order valence-electron chi connectivity index (χ2n) is 18.3. The van der Waals surface area contributed by atoms with Gasteiger partial charge in [0.15, 0.2) is 0 Å². The fourth-order valence-corrected chi connectivity index (χ4v) is 12.2. The SMILES string of the molecule is CC1(C)c2ccccc2-c2c(-n3c4ccccc4c4cc(N(c5ccccc5)c5ccc6c7c(cccc57)C5(c7ccccc7Oc7ccccc75)c5ccccc5-6)ccc43)cccc21. The van der Waals surface area contributed by atoms with Crippen molar-refractivity contribution in [1.82, 2.24) is 4.57 Å². The first-order valence-electron chi connectivity index (χ1n) is 22.7. The maximum Gasteiger partial charge on any atom is 0.132 e. The predicted octanol–water partition coefficient (Wildman–Crippen LogP) is 16.2. The summed E-state index contributed by atoms with van der Waals surface area (Å²) in [5.74, 6) is 1.79. The first-order chi connectivity index (χ1) is 32.0. The second kappa shape index (κ2) is 13.2. The Morgan fingerprint density at radius 2 is 1.00 bits per heavy atom. The highest BCUT2D eigenvalue weighted by Crippen LogP contribution is 2.62. The van der Waals surface area contributed by atoms with Crippen molar-refractivity contribution < 1.29 is 4.74 Å². The third-order valence-electron chi connectivity index (χ3n) is 14.8. The maximum atomic E-state index is 6.71. The molecule has 1 aromatic heterocycles. The van der Waals surface area contributed by atoms with Gasteiger partial charge in [0.05, 0.1) is 27.8 Å². The Kier molecular flexibility index (Phi) is 7.38. The summed E-state index contributed by atoms with van der Waals surface area (Å²) in [6.45, 7) is 4.72. The summed E-state index contributed by atoms with van der Waals surface area (Å²) < 4.78 is 9.21. The topological polar surface area (TPSA) is 17.4 Å². The summed E-state index contributed by atoms with van der Waals surface area (Å²) in [5, 5.41) is 4.90. The van der Waals surface area contributed by atoms with Crippen LogP contribution in [0.5, 0.6) is 11.5 Å². The van der Waals surface area contributed by atoms with Gasteiger partial charge in [-0.05, 0) is 105 Å². The van der Waals surface area contributed by atoms with Crippen molar-refractivity contribution in [3.05, 3.63) is 252 Å². The van der Waals surface area contributed by atoms with Crippen LogP contribution in [0.25, 0.3) is 60.5 Å². The zero-order valence-corrected chi connectivity index (χ0v) is 36.1. The molecule has 1 aliphatic heterocycles. The van der Waals surface area contributed by atoms with Crippen molar-refractivity contribution in [3.63, 3.8) is 0 Å². The van der Waals surface area contributed by atoms with Gasteiger partial charge in [0.1, 0.15) is 11.5 Å². The molecule has 3 aliphatic rings. The Bertz CT molecular complexity index is 3750. The number of anilines is 3. The molecule has 14 rings (SSSR count). The van der Waals surface area contributed by atoms with Gasteiger partial charge in [-0.15, -0.1) is 0 Å².